The lowest BCUT2D eigenvalue weighted by Gasteiger charge is -2.23. The van der Waals surface area contributed by atoms with Gasteiger partial charge in [0.2, 0.25) is 15.9 Å². The molecule has 0 spiro atoms. The molecule has 1 aliphatic rings. The van der Waals surface area contributed by atoms with Gasteiger partial charge < -0.3 is 5.32 Å². The first-order chi connectivity index (χ1) is 11.9. The number of benzene rings is 2. The maximum Gasteiger partial charge on any atom is 0.243 e. The zero-order valence-electron chi connectivity index (χ0n) is 13.2. The Morgan fingerprint density at radius 2 is 1.84 bits per heavy atom. The monoisotopic (exact) mass is 382 g/mol. The zero-order valence-corrected chi connectivity index (χ0v) is 14.7. The molecule has 0 bridgehead atoms. The number of carbonyl (C=O) groups excluding carboxylic acids is 1. The van der Waals surface area contributed by atoms with Crippen LogP contribution < -0.4 is 5.32 Å². The average Bonchev–Trinajstić information content (AvgIpc) is 3.08. The molecule has 1 fully saturated rings. The van der Waals surface area contributed by atoms with Crippen molar-refractivity contribution in [1.82, 2.24) is 4.31 Å². The third-order valence-electron chi connectivity index (χ3n) is 4.06. The molecule has 5 nitrogen and oxygen atoms in total. The third-order valence-corrected chi connectivity index (χ3v) is 6.23. The quantitative estimate of drug-likeness (QED) is 0.882. The minimum atomic E-state index is -3.83. The molecule has 132 valence electrons. The average molecular weight is 383 g/mol. The summed E-state index contributed by atoms with van der Waals surface area (Å²) in [6, 6.07) is 10.7. The van der Waals surface area contributed by atoms with Gasteiger partial charge in [0, 0.05) is 11.6 Å². The molecular formula is C17H16ClFN2O3S. The Labute approximate surface area is 150 Å². The molecule has 1 N–H and O–H groups in total. The summed E-state index contributed by atoms with van der Waals surface area (Å²) in [6.07, 6.45) is 0.940. The highest BCUT2D eigenvalue weighted by Crippen LogP contribution is 2.28. The van der Waals surface area contributed by atoms with Gasteiger partial charge in [-0.05, 0) is 49.2 Å². The second-order valence-electron chi connectivity index (χ2n) is 5.70. The van der Waals surface area contributed by atoms with E-state index in [2.05, 4.69) is 5.32 Å². The van der Waals surface area contributed by atoms with Crippen molar-refractivity contribution in [3.8, 4) is 0 Å². The maximum atomic E-state index is 13.7. The third kappa shape index (κ3) is 3.68. The van der Waals surface area contributed by atoms with E-state index in [0.717, 1.165) is 4.31 Å². The van der Waals surface area contributed by atoms with Crippen molar-refractivity contribution >= 4 is 33.2 Å². The molecule has 0 radical (unpaired) electrons. The van der Waals surface area contributed by atoms with E-state index in [0.29, 0.717) is 17.9 Å². The van der Waals surface area contributed by atoms with Crippen LogP contribution in [0.2, 0.25) is 5.02 Å². The molecule has 25 heavy (non-hydrogen) atoms. The highest BCUT2D eigenvalue weighted by Gasteiger charge is 2.39. The minimum Gasteiger partial charge on any atom is -0.322 e. The SMILES string of the molecule is O=C(Nc1ccccc1F)[C@H]1CCCN1S(=O)(=O)c1ccc(Cl)cc1. The van der Waals surface area contributed by atoms with Crippen molar-refractivity contribution in [3.63, 3.8) is 0 Å². The molecule has 3 rings (SSSR count). The van der Waals surface area contributed by atoms with Crippen LogP contribution in [0.1, 0.15) is 12.8 Å². The van der Waals surface area contributed by atoms with Crippen molar-refractivity contribution in [2.24, 2.45) is 0 Å². The second-order valence-corrected chi connectivity index (χ2v) is 8.02. The number of halogens is 2. The Morgan fingerprint density at radius 3 is 2.52 bits per heavy atom. The topological polar surface area (TPSA) is 66.5 Å². The number of rotatable bonds is 4. The summed E-state index contributed by atoms with van der Waals surface area (Å²) in [6.45, 7) is 0.236. The Hall–Kier alpha value is -1.96. The molecular weight excluding hydrogens is 367 g/mol. The van der Waals surface area contributed by atoms with E-state index in [9.17, 15) is 17.6 Å². The highest BCUT2D eigenvalue weighted by atomic mass is 35.5. The van der Waals surface area contributed by atoms with E-state index in [1.54, 1.807) is 6.07 Å². The number of anilines is 1. The molecule has 0 aliphatic carbocycles. The van der Waals surface area contributed by atoms with Gasteiger partial charge in [-0.25, -0.2) is 12.8 Å². The fourth-order valence-corrected chi connectivity index (χ4v) is 4.59. The number of carbonyl (C=O) groups is 1. The molecule has 1 aliphatic heterocycles. The van der Waals surface area contributed by atoms with Gasteiger partial charge in [-0.15, -0.1) is 0 Å². The van der Waals surface area contributed by atoms with Crippen LogP contribution in [0.5, 0.6) is 0 Å². The predicted octanol–water partition coefficient (Wildman–Crippen LogP) is 3.27. The summed E-state index contributed by atoms with van der Waals surface area (Å²) in [4.78, 5) is 12.6. The minimum absolute atomic E-state index is 0.0308. The first-order valence-corrected chi connectivity index (χ1v) is 9.54. The van der Waals surface area contributed by atoms with Gasteiger partial charge in [0.25, 0.3) is 0 Å². The van der Waals surface area contributed by atoms with Crippen LogP contribution in [0.25, 0.3) is 0 Å². The molecule has 0 unspecified atom stereocenters. The molecule has 0 saturated carbocycles. The summed E-state index contributed by atoms with van der Waals surface area (Å²) >= 11 is 5.80. The second kappa shape index (κ2) is 7.11. The molecule has 1 heterocycles. The summed E-state index contributed by atoms with van der Waals surface area (Å²) in [7, 11) is -3.83. The van der Waals surface area contributed by atoms with E-state index in [-0.39, 0.29) is 17.1 Å². The summed E-state index contributed by atoms with van der Waals surface area (Å²) in [5.41, 5.74) is 0.0308. The summed E-state index contributed by atoms with van der Waals surface area (Å²) in [5.74, 6) is -1.11. The Bertz CT molecular complexity index is 887. The van der Waals surface area contributed by atoms with Crippen LogP contribution in [0.15, 0.2) is 53.4 Å². The lowest BCUT2D eigenvalue weighted by molar-refractivity contribution is -0.119. The van der Waals surface area contributed by atoms with Crippen LogP contribution in [-0.2, 0) is 14.8 Å². The van der Waals surface area contributed by atoms with Crippen molar-refractivity contribution in [3.05, 3.63) is 59.4 Å². The largest absolute Gasteiger partial charge is 0.322 e. The van der Waals surface area contributed by atoms with Crippen molar-refractivity contribution in [2.45, 2.75) is 23.8 Å². The first kappa shape index (κ1) is 17.8. The van der Waals surface area contributed by atoms with Crippen molar-refractivity contribution in [2.75, 3.05) is 11.9 Å². The van der Waals surface area contributed by atoms with Crippen LogP contribution in [0, 0.1) is 5.82 Å². The van der Waals surface area contributed by atoms with Crippen LogP contribution in [-0.4, -0.2) is 31.2 Å². The Balaban J connectivity index is 1.83. The molecule has 1 amide bonds. The molecule has 2 aromatic carbocycles. The van der Waals surface area contributed by atoms with Gasteiger partial charge >= 0.3 is 0 Å². The zero-order chi connectivity index (χ0) is 18.0. The van der Waals surface area contributed by atoms with Gasteiger partial charge in [0.05, 0.1) is 10.6 Å². The van der Waals surface area contributed by atoms with Gasteiger partial charge in [-0.3, -0.25) is 4.79 Å². The van der Waals surface area contributed by atoms with E-state index in [1.165, 1.54) is 42.5 Å². The lowest BCUT2D eigenvalue weighted by Crippen LogP contribution is -2.43. The number of para-hydroxylation sites is 1. The number of nitrogens with one attached hydrogen (secondary N) is 1. The maximum absolute atomic E-state index is 13.7. The van der Waals surface area contributed by atoms with Crippen LogP contribution in [0.3, 0.4) is 0 Å². The standard InChI is InChI=1S/C17H16ClFN2O3S/c18-12-7-9-13(10-8-12)25(23,24)21-11-3-6-16(21)17(22)20-15-5-2-1-4-14(15)19/h1-2,4-5,7-10,16H,3,6,11H2,(H,20,22)/t16-/m1/s1. The van der Waals surface area contributed by atoms with Gasteiger partial charge in [-0.1, -0.05) is 23.7 Å². The molecule has 8 heteroatoms. The lowest BCUT2D eigenvalue weighted by atomic mass is 10.2. The fourth-order valence-electron chi connectivity index (χ4n) is 2.81. The van der Waals surface area contributed by atoms with Gasteiger partial charge in [0.1, 0.15) is 11.9 Å². The number of nitrogens with zero attached hydrogens (tertiary/aromatic N) is 1. The Kier molecular flexibility index (Phi) is 5.08. The summed E-state index contributed by atoms with van der Waals surface area (Å²) in [5, 5.41) is 2.90. The summed E-state index contributed by atoms with van der Waals surface area (Å²) < 4.78 is 40.5. The van der Waals surface area contributed by atoms with E-state index < -0.39 is 27.8 Å². The smallest absolute Gasteiger partial charge is 0.243 e. The number of sulfonamides is 1. The predicted molar refractivity (Wildman–Crippen MR) is 93.4 cm³/mol. The van der Waals surface area contributed by atoms with Crippen molar-refractivity contribution < 1.29 is 17.6 Å². The van der Waals surface area contributed by atoms with Gasteiger partial charge in [-0.2, -0.15) is 4.31 Å². The first-order valence-electron chi connectivity index (χ1n) is 7.72. The van der Waals surface area contributed by atoms with Crippen LogP contribution >= 0.6 is 11.6 Å². The number of hydrogen-bond donors (Lipinski definition) is 1. The number of amides is 1. The van der Waals surface area contributed by atoms with Crippen molar-refractivity contribution in [1.29, 1.82) is 0 Å². The highest BCUT2D eigenvalue weighted by molar-refractivity contribution is 7.89. The van der Waals surface area contributed by atoms with E-state index in [4.69, 9.17) is 11.6 Å². The Morgan fingerprint density at radius 1 is 1.16 bits per heavy atom. The van der Waals surface area contributed by atoms with Gasteiger partial charge in [0.15, 0.2) is 0 Å². The van der Waals surface area contributed by atoms with E-state index >= 15 is 0 Å². The molecule has 0 aromatic heterocycles. The van der Waals surface area contributed by atoms with Crippen LogP contribution in [0.4, 0.5) is 10.1 Å². The fraction of sp³-hybridized carbons (Fsp3) is 0.235. The van der Waals surface area contributed by atoms with E-state index in [1.807, 2.05) is 0 Å². The molecule has 1 atom stereocenters. The molecule has 2 aromatic rings. The number of hydrogen-bond acceptors (Lipinski definition) is 3. The molecule has 1 saturated heterocycles. The normalized spacial score (nSPS) is 18.2.